The summed E-state index contributed by atoms with van der Waals surface area (Å²) in [6.07, 6.45) is 5.65. The molecule has 2 amide bonds. The first-order chi connectivity index (χ1) is 13.8. The van der Waals surface area contributed by atoms with Gasteiger partial charge < -0.3 is 10.6 Å². The number of piperidine rings is 2. The second kappa shape index (κ2) is 9.26. The SMILES string of the molecule is Cc1ccc(S(=O)(=O)N2CCCCC2)cc1C(=O)N1CCCC(CCC(N)=O)C1. The Labute approximate surface area is 173 Å². The molecule has 2 aliphatic heterocycles. The van der Waals surface area contributed by atoms with Gasteiger partial charge >= 0.3 is 0 Å². The van der Waals surface area contributed by atoms with Gasteiger partial charge in [0.2, 0.25) is 15.9 Å². The number of amides is 2. The first-order valence-corrected chi connectivity index (χ1v) is 11.9. The molecule has 3 rings (SSSR count). The molecule has 0 aliphatic carbocycles. The van der Waals surface area contributed by atoms with Crippen molar-refractivity contribution in [2.45, 2.75) is 56.8 Å². The Morgan fingerprint density at radius 3 is 2.52 bits per heavy atom. The van der Waals surface area contributed by atoms with E-state index >= 15 is 0 Å². The van der Waals surface area contributed by atoms with Gasteiger partial charge in [0.15, 0.2) is 0 Å². The maximum Gasteiger partial charge on any atom is 0.254 e. The summed E-state index contributed by atoms with van der Waals surface area (Å²) in [5.74, 6) is -0.206. The predicted octanol–water partition coefficient (Wildman–Crippen LogP) is 2.29. The van der Waals surface area contributed by atoms with E-state index in [1.807, 2.05) is 6.92 Å². The van der Waals surface area contributed by atoms with Gasteiger partial charge in [-0.25, -0.2) is 8.42 Å². The van der Waals surface area contributed by atoms with Crippen LogP contribution in [0.3, 0.4) is 0 Å². The third-order valence-electron chi connectivity index (χ3n) is 6.00. The first-order valence-electron chi connectivity index (χ1n) is 10.5. The summed E-state index contributed by atoms with van der Waals surface area (Å²) in [6, 6.07) is 4.86. The topological polar surface area (TPSA) is 101 Å². The van der Waals surface area contributed by atoms with Crippen molar-refractivity contribution in [1.82, 2.24) is 9.21 Å². The zero-order valence-electron chi connectivity index (χ0n) is 17.1. The molecule has 0 spiro atoms. The lowest BCUT2D eigenvalue weighted by molar-refractivity contribution is -0.118. The molecule has 0 saturated carbocycles. The van der Waals surface area contributed by atoms with Crippen LogP contribution in [0.2, 0.25) is 0 Å². The minimum absolute atomic E-state index is 0.137. The van der Waals surface area contributed by atoms with Gasteiger partial charge in [0.1, 0.15) is 0 Å². The molecule has 2 aliphatic rings. The molecule has 2 heterocycles. The van der Waals surface area contributed by atoms with Gasteiger partial charge in [-0.05, 0) is 62.6 Å². The molecule has 2 saturated heterocycles. The Kier molecular flexibility index (Phi) is 6.95. The van der Waals surface area contributed by atoms with E-state index in [1.54, 1.807) is 17.0 Å². The largest absolute Gasteiger partial charge is 0.370 e. The van der Waals surface area contributed by atoms with E-state index in [1.165, 1.54) is 10.4 Å². The molecule has 0 radical (unpaired) electrons. The Morgan fingerprint density at radius 2 is 1.83 bits per heavy atom. The van der Waals surface area contributed by atoms with E-state index in [9.17, 15) is 18.0 Å². The van der Waals surface area contributed by atoms with Crippen molar-refractivity contribution in [3.63, 3.8) is 0 Å². The summed E-state index contributed by atoms with van der Waals surface area (Å²) in [5.41, 5.74) is 6.47. The number of benzene rings is 1. The molecule has 0 aromatic heterocycles. The van der Waals surface area contributed by atoms with Gasteiger partial charge in [0.25, 0.3) is 5.91 Å². The molecule has 1 unspecified atom stereocenters. The number of rotatable bonds is 6. The quantitative estimate of drug-likeness (QED) is 0.761. The molecule has 7 nitrogen and oxygen atoms in total. The third-order valence-corrected chi connectivity index (χ3v) is 7.89. The highest BCUT2D eigenvalue weighted by Crippen LogP contribution is 2.26. The van der Waals surface area contributed by atoms with E-state index in [4.69, 9.17) is 5.73 Å². The Hall–Kier alpha value is -1.93. The molecular weight excluding hydrogens is 390 g/mol. The first kappa shape index (κ1) is 21.8. The van der Waals surface area contributed by atoms with Gasteiger partial charge in [0.05, 0.1) is 4.90 Å². The average Bonchev–Trinajstić information content (AvgIpc) is 2.73. The molecule has 1 aromatic carbocycles. The molecule has 160 valence electrons. The zero-order valence-corrected chi connectivity index (χ0v) is 17.9. The summed E-state index contributed by atoms with van der Waals surface area (Å²) >= 11 is 0. The van der Waals surface area contributed by atoms with Gasteiger partial charge in [-0.15, -0.1) is 0 Å². The minimum atomic E-state index is -3.58. The highest BCUT2D eigenvalue weighted by Gasteiger charge is 2.29. The van der Waals surface area contributed by atoms with Crippen LogP contribution < -0.4 is 5.73 Å². The molecule has 0 bridgehead atoms. The number of primary amides is 1. The van der Waals surface area contributed by atoms with Gasteiger partial charge in [-0.2, -0.15) is 4.31 Å². The van der Waals surface area contributed by atoms with Crippen molar-refractivity contribution in [2.24, 2.45) is 11.7 Å². The zero-order chi connectivity index (χ0) is 21.0. The molecule has 8 heteroatoms. The summed E-state index contributed by atoms with van der Waals surface area (Å²) < 4.78 is 27.5. The number of hydrogen-bond donors (Lipinski definition) is 1. The van der Waals surface area contributed by atoms with E-state index < -0.39 is 10.0 Å². The fourth-order valence-electron chi connectivity index (χ4n) is 4.25. The highest BCUT2D eigenvalue weighted by molar-refractivity contribution is 7.89. The summed E-state index contributed by atoms with van der Waals surface area (Å²) in [4.78, 5) is 26.2. The van der Waals surface area contributed by atoms with Crippen LogP contribution in [-0.4, -0.2) is 55.6 Å². The number of nitrogens with zero attached hydrogens (tertiary/aromatic N) is 2. The summed E-state index contributed by atoms with van der Waals surface area (Å²) in [7, 11) is -3.58. The number of carbonyl (C=O) groups excluding carboxylic acids is 2. The van der Waals surface area contributed by atoms with Gasteiger partial charge in [-0.3, -0.25) is 9.59 Å². The van der Waals surface area contributed by atoms with E-state index in [0.717, 1.165) is 37.7 Å². The summed E-state index contributed by atoms with van der Waals surface area (Å²) in [6.45, 7) is 4.13. The molecule has 2 fully saturated rings. The maximum absolute atomic E-state index is 13.2. The fraction of sp³-hybridized carbons (Fsp3) is 0.619. The monoisotopic (exact) mass is 421 g/mol. The van der Waals surface area contributed by atoms with Crippen LogP contribution in [0.15, 0.2) is 23.1 Å². The molecular formula is C21H31N3O4S. The van der Waals surface area contributed by atoms with Gasteiger partial charge in [-0.1, -0.05) is 12.5 Å². The number of nitrogens with two attached hydrogens (primary N) is 1. The van der Waals surface area contributed by atoms with E-state index in [-0.39, 0.29) is 22.6 Å². The normalized spacial score (nSPS) is 21.1. The Balaban J connectivity index is 1.78. The number of hydrogen-bond acceptors (Lipinski definition) is 4. The van der Waals surface area contributed by atoms with E-state index in [2.05, 4.69) is 0 Å². The standard InChI is InChI=1S/C21H31N3O4S/c1-16-7-9-18(29(27,28)24-12-3-2-4-13-24)14-19(16)21(26)23-11-5-6-17(15-23)8-10-20(22)25/h7,9,14,17H,2-6,8,10-13,15H2,1H3,(H2,22,25). The van der Waals surface area contributed by atoms with Crippen molar-refractivity contribution >= 4 is 21.8 Å². The molecule has 1 aromatic rings. The van der Waals surface area contributed by atoms with Gasteiger partial charge in [0, 0.05) is 38.2 Å². The minimum Gasteiger partial charge on any atom is -0.370 e. The van der Waals surface area contributed by atoms with Crippen molar-refractivity contribution in [1.29, 1.82) is 0 Å². The lowest BCUT2D eigenvalue weighted by Gasteiger charge is -2.33. The van der Waals surface area contributed by atoms with Crippen molar-refractivity contribution < 1.29 is 18.0 Å². The second-order valence-electron chi connectivity index (χ2n) is 8.21. The Bertz CT molecular complexity index is 863. The second-order valence-corrected chi connectivity index (χ2v) is 10.1. The number of carbonyl (C=O) groups is 2. The predicted molar refractivity (Wildman–Crippen MR) is 111 cm³/mol. The molecule has 2 N–H and O–H groups in total. The number of aryl methyl sites for hydroxylation is 1. The summed E-state index contributed by atoms with van der Waals surface area (Å²) in [5, 5.41) is 0. The van der Waals surface area contributed by atoms with Crippen molar-refractivity contribution in [2.75, 3.05) is 26.2 Å². The smallest absolute Gasteiger partial charge is 0.254 e. The van der Waals surface area contributed by atoms with Crippen LogP contribution in [-0.2, 0) is 14.8 Å². The van der Waals surface area contributed by atoms with Crippen molar-refractivity contribution in [3.05, 3.63) is 29.3 Å². The van der Waals surface area contributed by atoms with Crippen molar-refractivity contribution in [3.8, 4) is 0 Å². The van der Waals surface area contributed by atoms with Crippen LogP contribution in [0.1, 0.15) is 60.9 Å². The average molecular weight is 422 g/mol. The molecule has 1 atom stereocenters. The third kappa shape index (κ3) is 5.17. The lowest BCUT2D eigenvalue weighted by atomic mass is 9.92. The number of sulfonamides is 1. The van der Waals surface area contributed by atoms with Crippen LogP contribution in [0, 0.1) is 12.8 Å². The maximum atomic E-state index is 13.2. The number of likely N-dealkylation sites (tertiary alicyclic amines) is 1. The Morgan fingerprint density at radius 1 is 1.10 bits per heavy atom. The van der Waals surface area contributed by atoms with Crippen LogP contribution in [0.25, 0.3) is 0 Å². The lowest BCUT2D eigenvalue weighted by Crippen LogP contribution is -2.40. The van der Waals surface area contributed by atoms with E-state index in [0.29, 0.717) is 44.6 Å². The van der Waals surface area contributed by atoms with Crippen LogP contribution >= 0.6 is 0 Å². The highest BCUT2D eigenvalue weighted by atomic mass is 32.2. The fourth-order valence-corrected chi connectivity index (χ4v) is 5.79. The van der Waals surface area contributed by atoms with Crippen LogP contribution in [0.4, 0.5) is 0 Å². The molecule has 29 heavy (non-hydrogen) atoms. The van der Waals surface area contributed by atoms with Crippen LogP contribution in [0.5, 0.6) is 0 Å².